The zero-order valence-corrected chi connectivity index (χ0v) is 19.7. The first kappa shape index (κ1) is 24.5. The molecule has 0 spiro atoms. The van der Waals surface area contributed by atoms with E-state index in [1.165, 1.54) is 0 Å². The minimum absolute atomic E-state index is 0.106. The van der Waals surface area contributed by atoms with Crippen LogP contribution >= 0.6 is 34.8 Å². The van der Waals surface area contributed by atoms with Gasteiger partial charge < -0.3 is 10.2 Å². The van der Waals surface area contributed by atoms with Crippen LogP contribution < -0.4 is 5.32 Å². The van der Waals surface area contributed by atoms with Gasteiger partial charge >= 0.3 is 0 Å². The van der Waals surface area contributed by atoms with Crippen LogP contribution in [0.15, 0.2) is 42.5 Å². The number of carbonyl (C=O) groups excluding carboxylic acids is 2. The summed E-state index contributed by atoms with van der Waals surface area (Å²) in [5.74, 6) is -0.0315. The number of benzene rings is 2. The van der Waals surface area contributed by atoms with Crippen LogP contribution in [0.2, 0.25) is 15.1 Å². The van der Waals surface area contributed by atoms with Gasteiger partial charge in [0.25, 0.3) is 0 Å². The Kier molecular flexibility index (Phi) is 9.47. The summed E-state index contributed by atoms with van der Waals surface area (Å²) in [7, 11) is 0. The molecule has 0 aliphatic heterocycles. The Balaban J connectivity index is 2.30. The summed E-state index contributed by atoms with van der Waals surface area (Å²) in [5, 5.41) is 4.32. The zero-order valence-electron chi connectivity index (χ0n) is 17.4. The van der Waals surface area contributed by atoms with Gasteiger partial charge in [-0.3, -0.25) is 9.59 Å². The maximum atomic E-state index is 13.3. The Hall–Kier alpha value is -1.75. The van der Waals surface area contributed by atoms with E-state index in [4.69, 9.17) is 34.8 Å². The molecule has 0 heterocycles. The second-order valence-electron chi connectivity index (χ2n) is 7.60. The molecule has 0 radical (unpaired) electrons. The first-order chi connectivity index (χ1) is 14.2. The monoisotopic (exact) mass is 468 g/mol. The molecule has 2 aromatic carbocycles. The third-order valence-electron chi connectivity index (χ3n) is 4.71. The minimum atomic E-state index is -0.602. The van der Waals surface area contributed by atoms with Crippen molar-refractivity contribution >= 4 is 46.6 Å². The van der Waals surface area contributed by atoms with Crippen molar-refractivity contribution in [3.63, 3.8) is 0 Å². The van der Waals surface area contributed by atoms with Gasteiger partial charge in [0.2, 0.25) is 11.8 Å². The molecule has 2 rings (SSSR count). The number of halogens is 3. The predicted octanol–water partition coefficient (Wildman–Crippen LogP) is 5.77. The molecular weight excluding hydrogens is 443 g/mol. The van der Waals surface area contributed by atoms with Crippen molar-refractivity contribution in [2.45, 2.75) is 46.2 Å². The zero-order chi connectivity index (χ0) is 22.3. The van der Waals surface area contributed by atoms with E-state index in [0.29, 0.717) is 34.0 Å². The molecule has 2 aromatic rings. The summed E-state index contributed by atoms with van der Waals surface area (Å²) in [5.41, 5.74) is 1.52. The molecule has 7 heteroatoms. The van der Waals surface area contributed by atoms with Crippen molar-refractivity contribution in [1.29, 1.82) is 0 Å². The molecule has 0 saturated heterocycles. The van der Waals surface area contributed by atoms with Crippen molar-refractivity contribution in [3.05, 3.63) is 68.7 Å². The molecule has 4 nitrogen and oxygen atoms in total. The lowest BCUT2D eigenvalue weighted by molar-refractivity contribution is -0.141. The van der Waals surface area contributed by atoms with Gasteiger partial charge in [-0.15, -0.1) is 0 Å². The van der Waals surface area contributed by atoms with Crippen LogP contribution in [0.5, 0.6) is 0 Å². The van der Waals surface area contributed by atoms with Gasteiger partial charge in [0.15, 0.2) is 0 Å². The Morgan fingerprint density at radius 3 is 2.30 bits per heavy atom. The molecule has 162 valence electrons. The molecule has 30 heavy (non-hydrogen) atoms. The van der Waals surface area contributed by atoms with Crippen molar-refractivity contribution in [1.82, 2.24) is 10.2 Å². The lowest BCUT2D eigenvalue weighted by Crippen LogP contribution is -2.50. The van der Waals surface area contributed by atoms with Gasteiger partial charge in [0, 0.05) is 18.1 Å². The van der Waals surface area contributed by atoms with E-state index >= 15 is 0 Å². The highest BCUT2D eigenvalue weighted by Gasteiger charge is 2.29. The summed E-state index contributed by atoms with van der Waals surface area (Å²) in [6.07, 6.45) is 0.594. The van der Waals surface area contributed by atoms with Crippen molar-refractivity contribution in [3.8, 4) is 0 Å². The second-order valence-corrected chi connectivity index (χ2v) is 8.82. The van der Waals surface area contributed by atoms with E-state index in [2.05, 4.69) is 5.32 Å². The maximum absolute atomic E-state index is 13.3. The average molecular weight is 470 g/mol. The topological polar surface area (TPSA) is 49.4 Å². The van der Waals surface area contributed by atoms with Crippen molar-refractivity contribution in [2.24, 2.45) is 5.92 Å². The number of nitrogens with zero attached hydrogens (tertiary/aromatic N) is 1. The SMILES string of the molecule is CC[C@H](C(=O)NCC(C)C)N(Cc1ccccc1Cl)C(=O)Cc1ccc(Cl)c(Cl)c1. The number of amides is 2. The van der Waals surface area contributed by atoms with Crippen LogP contribution in [0.1, 0.15) is 38.3 Å². The molecule has 0 unspecified atom stereocenters. The summed E-state index contributed by atoms with van der Waals surface area (Å²) in [6, 6.07) is 11.8. The molecule has 1 atom stereocenters. The van der Waals surface area contributed by atoms with E-state index < -0.39 is 6.04 Å². The Bertz CT molecular complexity index is 887. The third-order valence-corrected chi connectivity index (χ3v) is 5.82. The maximum Gasteiger partial charge on any atom is 0.242 e. The molecule has 0 aromatic heterocycles. The highest BCUT2D eigenvalue weighted by atomic mass is 35.5. The predicted molar refractivity (Wildman–Crippen MR) is 124 cm³/mol. The van der Waals surface area contributed by atoms with Crippen LogP contribution in [0.4, 0.5) is 0 Å². The highest BCUT2D eigenvalue weighted by molar-refractivity contribution is 6.42. The van der Waals surface area contributed by atoms with E-state index in [9.17, 15) is 9.59 Å². The molecule has 0 saturated carbocycles. The summed E-state index contributed by atoms with van der Waals surface area (Å²) < 4.78 is 0. The standard InChI is InChI=1S/C23H27Cl3N2O2/c1-4-21(23(30)27-13-15(2)3)28(14-17-7-5-6-8-18(17)24)22(29)12-16-9-10-19(25)20(26)11-16/h5-11,15,21H,4,12-14H2,1-3H3,(H,27,30)/t21-/m1/s1. The number of rotatable bonds is 9. The van der Waals surface area contributed by atoms with Crippen LogP contribution in [-0.4, -0.2) is 29.3 Å². The smallest absolute Gasteiger partial charge is 0.242 e. The lowest BCUT2D eigenvalue weighted by atomic mass is 10.1. The number of hydrogen-bond donors (Lipinski definition) is 1. The summed E-state index contributed by atoms with van der Waals surface area (Å²) in [6.45, 7) is 6.74. The second kappa shape index (κ2) is 11.6. The fourth-order valence-corrected chi connectivity index (χ4v) is 3.59. The van der Waals surface area contributed by atoms with Crippen LogP contribution in [-0.2, 0) is 22.6 Å². The highest BCUT2D eigenvalue weighted by Crippen LogP contribution is 2.24. The van der Waals surface area contributed by atoms with Gasteiger partial charge in [-0.05, 0) is 41.7 Å². The molecule has 1 N–H and O–H groups in total. The van der Waals surface area contributed by atoms with Crippen molar-refractivity contribution in [2.75, 3.05) is 6.54 Å². The van der Waals surface area contributed by atoms with E-state index in [1.54, 1.807) is 29.2 Å². The number of carbonyl (C=O) groups is 2. The first-order valence-corrected chi connectivity index (χ1v) is 11.1. The fraction of sp³-hybridized carbons (Fsp3) is 0.391. The third kappa shape index (κ3) is 6.90. The van der Waals surface area contributed by atoms with E-state index in [0.717, 1.165) is 11.1 Å². The largest absolute Gasteiger partial charge is 0.354 e. The average Bonchev–Trinajstić information content (AvgIpc) is 2.70. The minimum Gasteiger partial charge on any atom is -0.354 e. The molecular formula is C23H27Cl3N2O2. The van der Waals surface area contributed by atoms with Gasteiger partial charge in [-0.25, -0.2) is 0 Å². The molecule has 0 fully saturated rings. The van der Waals surface area contributed by atoms with E-state index in [-0.39, 0.29) is 24.8 Å². The van der Waals surface area contributed by atoms with Gasteiger partial charge in [-0.2, -0.15) is 0 Å². The normalized spacial score (nSPS) is 12.0. The number of hydrogen-bond acceptors (Lipinski definition) is 2. The van der Waals surface area contributed by atoms with Crippen molar-refractivity contribution < 1.29 is 9.59 Å². The van der Waals surface area contributed by atoms with E-state index in [1.807, 2.05) is 39.0 Å². The fourth-order valence-electron chi connectivity index (χ4n) is 3.08. The van der Waals surface area contributed by atoms with Crippen LogP contribution in [0.25, 0.3) is 0 Å². The first-order valence-electron chi connectivity index (χ1n) is 9.97. The van der Waals surface area contributed by atoms with Crippen LogP contribution in [0.3, 0.4) is 0 Å². The number of nitrogens with one attached hydrogen (secondary N) is 1. The van der Waals surface area contributed by atoms with Crippen LogP contribution in [0, 0.1) is 5.92 Å². The molecule has 0 aliphatic carbocycles. The van der Waals surface area contributed by atoms with Gasteiger partial charge in [-0.1, -0.05) is 79.8 Å². The van der Waals surface area contributed by atoms with Gasteiger partial charge in [0.1, 0.15) is 6.04 Å². The molecule has 0 aliphatic rings. The quantitative estimate of drug-likeness (QED) is 0.507. The Morgan fingerprint density at radius 2 is 1.70 bits per heavy atom. The summed E-state index contributed by atoms with van der Waals surface area (Å²) in [4.78, 5) is 27.8. The van der Waals surface area contributed by atoms with Gasteiger partial charge in [0.05, 0.1) is 16.5 Å². The lowest BCUT2D eigenvalue weighted by Gasteiger charge is -2.31. The Morgan fingerprint density at radius 1 is 1.00 bits per heavy atom. The summed E-state index contributed by atoms with van der Waals surface area (Å²) >= 11 is 18.4. The molecule has 2 amide bonds. The Labute approximate surface area is 193 Å². The molecule has 0 bridgehead atoms.